The maximum absolute atomic E-state index is 13.1. The fourth-order valence-corrected chi connectivity index (χ4v) is 1.68. The van der Waals surface area contributed by atoms with Crippen LogP contribution in [0.1, 0.15) is 10.4 Å². The van der Waals surface area contributed by atoms with Gasteiger partial charge in [-0.15, -0.1) is 0 Å². The van der Waals surface area contributed by atoms with Gasteiger partial charge < -0.3 is 10.4 Å². The summed E-state index contributed by atoms with van der Waals surface area (Å²) in [4.78, 5) is 11.0. The van der Waals surface area contributed by atoms with Crippen LogP contribution in [0.2, 0.25) is 5.02 Å². The van der Waals surface area contributed by atoms with Crippen LogP contribution < -0.4 is 5.32 Å². The van der Waals surface area contributed by atoms with Gasteiger partial charge in [-0.05, 0) is 30.3 Å². The highest BCUT2D eigenvalue weighted by Gasteiger charge is 2.10. The molecule has 0 saturated carbocycles. The summed E-state index contributed by atoms with van der Waals surface area (Å²) in [5.41, 5.74) is 0.778. The van der Waals surface area contributed by atoms with E-state index < -0.39 is 11.8 Å². The van der Waals surface area contributed by atoms with Crippen molar-refractivity contribution < 1.29 is 14.3 Å². The van der Waals surface area contributed by atoms with E-state index in [1.165, 1.54) is 24.3 Å². The summed E-state index contributed by atoms with van der Waals surface area (Å²) in [5.74, 6) is -1.51. The van der Waals surface area contributed by atoms with Gasteiger partial charge in [0.2, 0.25) is 0 Å². The minimum atomic E-state index is -1.06. The van der Waals surface area contributed by atoms with E-state index in [0.717, 1.165) is 0 Å². The molecule has 18 heavy (non-hydrogen) atoms. The van der Waals surface area contributed by atoms with Crippen molar-refractivity contribution in [3.63, 3.8) is 0 Å². The number of benzene rings is 2. The third kappa shape index (κ3) is 2.60. The SMILES string of the molecule is O=C(O)c1ccccc1Nc1cc(F)ccc1Cl. The van der Waals surface area contributed by atoms with Crippen molar-refractivity contribution in [2.45, 2.75) is 0 Å². The Hall–Kier alpha value is -2.07. The van der Waals surface area contributed by atoms with E-state index in [9.17, 15) is 9.18 Å². The van der Waals surface area contributed by atoms with Gasteiger partial charge in [0.15, 0.2) is 0 Å². The van der Waals surface area contributed by atoms with Crippen LogP contribution in [0.5, 0.6) is 0 Å². The topological polar surface area (TPSA) is 49.3 Å². The van der Waals surface area contributed by atoms with Gasteiger partial charge in [0.25, 0.3) is 0 Å². The lowest BCUT2D eigenvalue weighted by Crippen LogP contribution is -2.02. The molecule has 0 amide bonds. The Labute approximate surface area is 108 Å². The second kappa shape index (κ2) is 5.06. The number of rotatable bonds is 3. The Balaban J connectivity index is 2.40. The van der Waals surface area contributed by atoms with Crippen molar-refractivity contribution in [3.8, 4) is 0 Å². The number of anilines is 2. The zero-order valence-electron chi connectivity index (χ0n) is 9.15. The zero-order valence-corrected chi connectivity index (χ0v) is 9.91. The van der Waals surface area contributed by atoms with Gasteiger partial charge in [-0.25, -0.2) is 9.18 Å². The maximum Gasteiger partial charge on any atom is 0.337 e. The number of hydrogen-bond acceptors (Lipinski definition) is 2. The van der Waals surface area contributed by atoms with Gasteiger partial charge in [0.1, 0.15) is 5.82 Å². The monoisotopic (exact) mass is 265 g/mol. The molecule has 0 fully saturated rings. The summed E-state index contributed by atoms with van der Waals surface area (Å²) in [6.07, 6.45) is 0. The van der Waals surface area contributed by atoms with Crippen LogP contribution in [0.3, 0.4) is 0 Å². The Kier molecular flexibility index (Phi) is 3.48. The molecule has 0 aliphatic rings. The number of carboxylic acid groups (broad SMARTS) is 1. The molecule has 0 radical (unpaired) electrons. The smallest absolute Gasteiger partial charge is 0.337 e. The predicted octanol–water partition coefficient (Wildman–Crippen LogP) is 3.92. The Morgan fingerprint density at radius 3 is 2.61 bits per heavy atom. The number of halogens is 2. The molecule has 0 atom stereocenters. The van der Waals surface area contributed by atoms with Crippen molar-refractivity contribution >= 4 is 28.9 Å². The quantitative estimate of drug-likeness (QED) is 0.884. The van der Waals surface area contributed by atoms with Crippen molar-refractivity contribution in [1.29, 1.82) is 0 Å². The zero-order chi connectivity index (χ0) is 13.1. The maximum atomic E-state index is 13.1. The van der Waals surface area contributed by atoms with E-state index in [4.69, 9.17) is 16.7 Å². The molecular weight excluding hydrogens is 257 g/mol. The second-order valence-corrected chi connectivity index (χ2v) is 4.01. The van der Waals surface area contributed by atoms with E-state index >= 15 is 0 Å². The van der Waals surface area contributed by atoms with Gasteiger partial charge in [-0.1, -0.05) is 23.7 Å². The van der Waals surface area contributed by atoms with Crippen molar-refractivity contribution in [2.24, 2.45) is 0 Å². The average molecular weight is 266 g/mol. The fraction of sp³-hybridized carbons (Fsp3) is 0. The van der Waals surface area contributed by atoms with E-state index in [1.807, 2.05) is 0 Å². The third-order valence-electron chi connectivity index (χ3n) is 2.36. The minimum absolute atomic E-state index is 0.0952. The molecule has 2 rings (SSSR count). The highest BCUT2D eigenvalue weighted by molar-refractivity contribution is 6.33. The van der Waals surface area contributed by atoms with E-state index in [1.54, 1.807) is 18.2 Å². The van der Waals surface area contributed by atoms with Crippen molar-refractivity contribution in [3.05, 3.63) is 58.9 Å². The largest absolute Gasteiger partial charge is 0.478 e. The lowest BCUT2D eigenvalue weighted by Gasteiger charge is -2.10. The molecule has 0 saturated heterocycles. The highest BCUT2D eigenvalue weighted by atomic mass is 35.5. The molecule has 2 N–H and O–H groups in total. The number of hydrogen-bond donors (Lipinski definition) is 2. The van der Waals surface area contributed by atoms with Crippen molar-refractivity contribution in [2.75, 3.05) is 5.32 Å². The number of nitrogens with one attached hydrogen (secondary N) is 1. The Bertz CT molecular complexity index is 601. The molecule has 5 heteroatoms. The molecule has 2 aromatic rings. The molecule has 3 nitrogen and oxygen atoms in total. The van der Waals surface area contributed by atoms with Gasteiger partial charge in [-0.2, -0.15) is 0 Å². The lowest BCUT2D eigenvalue weighted by molar-refractivity contribution is 0.0698. The first-order chi connectivity index (χ1) is 8.58. The number of para-hydroxylation sites is 1. The molecule has 0 bridgehead atoms. The summed E-state index contributed by atoms with van der Waals surface area (Å²) in [5, 5.41) is 12.1. The molecular formula is C13H9ClFNO2. The molecule has 2 aromatic carbocycles. The standard InChI is InChI=1S/C13H9ClFNO2/c14-10-6-5-8(15)7-12(10)16-11-4-2-1-3-9(11)13(17)18/h1-7,16H,(H,17,18). The Morgan fingerprint density at radius 2 is 1.89 bits per heavy atom. The van der Waals surface area contributed by atoms with Crippen LogP contribution in [0, 0.1) is 5.82 Å². The Morgan fingerprint density at radius 1 is 1.17 bits per heavy atom. The van der Waals surface area contributed by atoms with Crippen LogP contribution in [0.15, 0.2) is 42.5 Å². The van der Waals surface area contributed by atoms with Crippen LogP contribution in [-0.2, 0) is 0 Å². The first kappa shape index (κ1) is 12.4. The molecule has 0 aliphatic carbocycles. The summed E-state index contributed by atoms with van der Waals surface area (Å²) in [6, 6.07) is 10.2. The third-order valence-corrected chi connectivity index (χ3v) is 2.68. The first-order valence-electron chi connectivity index (χ1n) is 5.12. The first-order valence-corrected chi connectivity index (χ1v) is 5.50. The van der Waals surface area contributed by atoms with Crippen LogP contribution >= 0.6 is 11.6 Å². The molecule has 0 aliphatic heterocycles. The minimum Gasteiger partial charge on any atom is -0.478 e. The van der Waals surface area contributed by atoms with Gasteiger partial charge in [-0.3, -0.25) is 0 Å². The molecule has 92 valence electrons. The summed E-state index contributed by atoms with van der Waals surface area (Å²) in [6.45, 7) is 0. The van der Waals surface area contributed by atoms with E-state index in [2.05, 4.69) is 5.32 Å². The van der Waals surface area contributed by atoms with Crippen LogP contribution in [0.25, 0.3) is 0 Å². The van der Waals surface area contributed by atoms with Crippen LogP contribution in [0.4, 0.5) is 15.8 Å². The molecule has 0 heterocycles. The van der Waals surface area contributed by atoms with E-state index in [-0.39, 0.29) is 5.56 Å². The predicted molar refractivity (Wildman–Crippen MR) is 68.1 cm³/mol. The van der Waals surface area contributed by atoms with Crippen LogP contribution in [-0.4, -0.2) is 11.1 Å². The normalized spacial score (nSPS) is 10.1. The molecule has 0 aromatic heterocycles. The number of carbonyl (C=O) groups is 1. The summed E-state index contributed by atoms with van der Waals surface area (Å²) in [7, 11) is 0. The van der Waals surface area contributed by atoms with Crippen molar-refractivity contribution in [1.82, 2.24) is 0 Å². The number of carboxylic acids is 1. The van der Waals surface area contributed by atoms with Gasteiger partial charge in [0, 0.05) is 0 Å². The molecule has 0 unspecified atom stereocenters. The van der Waals surface area contributed by atoms with Gasteiger partial charge in [0.05, 0.1) is 22.0 Å². The second-order valence-electron chi connectivity index (χ2n) is 3.60. The number of aromatic carboxylic acids is 1. The highest BCUT2D eigenvalue weighted by Crippen LogP contribution is 2.27. The molecule has 0 spiro atoms. The summed E-state index contributed by atoms with van der Waals surface area (Å²) >= 11 is 5.90. The van der Waals surface area contributed by atoms with Gasteiger partial charge >= 0.3 is 5.97 Å². The average Bonchev–Trinajstić information content (AvgIpc) is 2.34. The lowest BCUT2D eigenvalue weighted by atomic mass is 10.1. The summed E-state index contributed by atoms with van der Waals surface area (Å²) < 4.78 is 13.1. The van der Waals surface area contributed by atoms with E-state index in [0.29, 0.717) is 16.4 Å². The fourth-order valence-electron chi connectivity index (χ4n) is 1.52.